The van der Waals surface area contributed by atoms with Crippen LogP contribution in [0, 0.1) is 6.92 Å². The van der Waals surface area contributed by atoms with Gasteiger partial charge in [-0.1, -0.05) is 0 Å². The molecule has 0 atom stereocenters. The van der Waals surface area contributed by atoms with Crippen LogP contribution in [0.4, 0.5) is 0 Å². The fraction of sp³-hybridized carbons (Fsp3) is 0.526. The molecule has 2 fully saturated rings. The molecule has 3 aromatic rings. The third-order valence-electron chi connectivity index (χ3n) is 5.91. The van der Waals surface area contributed by atoms with Crippen LogP contribution in [-0.2, 0) is 17.0 Å². The number of sulfonamides is 1. The Morgan fingerprint density at radius 3 is 2.64 bits per heavy atom. The van der Waals surface area contributed by atoms with Crippen LogP contribution in [0.5, 0.6) is 0 Å². The van der Waals surface area contributed by atoms with E-state index in [1.54, 1.807) is 4.52 Å². The molecule has 1 saturated heterocycles. The number of hydrogen-bond donors (Lipinski definition) is 0. The summed E-state index contributed by atoms with van der Waals surface area (Å²) in [6, 6.07) is 2.00. The molecule has 0 amide bonds. The van der Waals surface area contributed by atoms with Crippen molar-refractivity contribution in [1.82, 2.24) is 28.7 Å². The van der Waals surface area contributed by atoms with Crippen LogP contribution in [0.3, 0.4) is 0 Å². The van der Waals surface area contributed by atoms with Crippen molar-refractivity contribution in [1.29, 1.82) is 0 Å². The van der Waals surface area contributed by atoms with Crippen LogP contribution in [0.1, 0.15) is 58.5 Å². The summed E-state index contributed by atoms with van der Waals surface area (Å²) in [6.45, 7) is 0.310. The SMILES string of the molecule is [2H]C([2H])([2H])n1ncc(S(=O)(=O)N2CCC(c3cn4ncnc4cc3C)CC2)c1C1CC1. The van der Waals surface area contributed by atoms with E-state index < -0.39 is 17.0 Å². The van der Waals surface area contributed by atoms with Crippen molar-refractivity contribution in [2.24, 2.45) is 6.98 Å². The fourth-order valence-corrected chi connectivity index (χ4v) is 5.89. The van der Waals surface area contributed by atoms with E-state index in [4.69, 9.17) is 4.11 Å². The van der Waals surface area contributed by atoms with E-state index in [0.717, 1.165) is 34.3 Å². The highest BCUT2D eigenvalue weighted by molar-refractivity contribution is 7.89. The van der Waals surface area contributed by atoms with Gasteiger partial charge in [0.15, 0.2) is 5.65 Å². The summed E-state index contributed by atoms with van der Waals surface area (Å²) in [6.07, 6.45) is 7.67. The number of aromatic nitrogens is 5. The Morgan fingerprint density at radius 1 is 1.14 bits per heavy atom. The second-order valence-corrected chi connectivity index (χ2v) is 9.64. The Morgan fingerprint density at radius 2 is 1.93 bits per heavy atom. The molecule has 4 heterocycles. The molecule has 2 aliphatic rings. The molecular formula is C19H24N6O2S. The van der Waals surface area contributed by atoms with Crippen LogP contribution in [0.2, 0.25) is 0 Å². The number of aryl methyl sites for hydroxylation is 2. The van der Waals surface area contributed by atoms with Crippen molar-refractivity contribution in [3.8, 4) is 0 Å². The lowest BCUT2D eigenvalue weighted by atomic mass is 9.89. The zero-order chi connectivity index (χ0) is 22.0. The van der Waals surface area contributed by atoms with Gasteiger partial charge in [0.05, 0.1) is 11.9 Å². The molecule has 5 rings (SSSR count). The number of nitrogens with zero attached hydrogens (tertiary/aromatic N) is 6. The number of piperidine rings is 1. The third-order valence-corrected chi connectivity index (χ3v) is 7.83. The topological polar surface area (TPSA) is 85.4 Å². The van der Waals surface area contributed by atoms with Crippen molar-refractivity contribution in [2.45, 2.75) is 49.3 Å². The molecule has 3 aromatic heterocycles. The van der Waals surface area contributed by atoms with Gasteiger partial charge in [0.2, 0.25) is 10.0 Å². The van der Waals surface area contributed by atoms with Crippen LogP contribution < -0.4 is 0 Å². The minimum atomic E-state index is -3.81. The summed E-state index contributed by atoms with van der Waals surface area (Å²) in [4.78, 5) is 4.25. The Bertz CT molecular complexity index is 1240. The van der Waals surface area contributed by atoms with Gasteiger partial charge in [-0.2, -0.15) is 14.5 Å². The largest absolute Gasteiger partial charge is 0.271 e. The smallest absolute Gasteiger partial charge is 0.246 e. The van der Waals surface area contributed by atoms with Crippen LogP contribution in [-0.4, -0.2) is 50.2 Å². The van der Waals surface area contributed by atoms with Crippen molar-refractivity contribution < 1.29 is 12.5 Å². The minimum Gasteiger partial charge on any atom is -0.271 e. The van der Waals surface area contributed by atoms with Crippen LogP contribution in [0.15, 0.2) is 29.7 Å². The molecule has 0 spiro atoms. The first-order valence-electron chi connectivity index (χ1n) is 11.0. The van der Waals surface area contributed by atoms with Gasteiger partial charge in [-0.3, -0.25) is 4.68 Å². The molecule has 8 nitrogen and oxygen atoms in total. The van der Waals surface area contributed by atoms with Gasteiger partial charge < -0.3 is 0 Å². The first-order chi connectivity index (χ1) is 14.7. The van der Waals surface area contributed by atoms with Gasteiger partial charge >= 0.3 is 0 Å². The van der Waals surface area contributed by atoms with Crippen molar-refractivity contribution in [2.75, 3.05) is 13.1 Å². The number of fused-ring (bicyclic) bond motifs is 1. The van der Waals surface area contributed by atoms with Crippen molar-refractivity contribution in [3.63, 3.8) is 0 Å². The Kier molecular flexibility index (Phi) is 3.35. The van der Waals surface area contributed by atoms with Gasteiger partial charge in [-0.05, 0) is 55.7 Å². The molecule has 1 saturated carbocycles. The second-order valence-electron chi connectivity index (χ2n) is 7.73. The van der Waals surface area contributed by atoms with E-state index in [1.807, 2.05) is 19.2 Å². The summed E-state index contributed by atoms with van der Waals surface area (Å²) in [5.41, 5.74) is 3.40. The lowest BCUT2D eigenvalue weighted by molar-refractivity contribution is 0.318. The van der Waals surface area contributed by atoms with Gasteiger partial charge in [0.1, 0.15) is 11.2 Å². The highest BCUT2D eigenvalue weighted by Crippen LogP contribution is 2.43. The molecule has 0 unspecified atom stereocenters. The maximum absolute atomic E-state index is 13.4. The summed E-state index contributed by atoms with van der Waals surface area (Å²) < 4.78 is 54.0. The van der Waals surface area contributed by atoms with Gasteiger partial charge in [0, 0.05) is 36.3 Å². The summed E-state index contributed by atoms with van der Waals surface area (Å²) >= 11 is 0. The number of hydrogen-bond acceptors (Lipinski definition) is 5. The van der Waals surface area contributed by atoms with Crippen molar-refractivity contribution in [3.05, 3.63) is 41.6 Å². The maximum Gasteiger partial charge on any atom is 0.246 e. The molecule has 9 heteroatoms. The van der Waals surface area contributed by atoms with E-state index in [1.165, 1.54) is 16.8 Å². The normalized spacial score (nSPS) is 21.5. The fourth-order valence-electron chi connectivity index (χ4n) is 4.22. The highest BCUT2D eigenvalue weighted by atomic mass is 32.2. The second kappa shape index (κ2) is 6.38. The number of pyridine rings is 1. The van der Waals surface area contributed by atoms with Crippen molar-refractivity contribution >= 4 is 15.7 Å². The third kappa shape index (κ3) is 2.84. The van der Waals surface area contributed by atoms with E-state index in [0.29, 0.717) is 31.6 Å². The zero-order valence-corrected chi connectivity index (χ0v) is 16.4. The summed E-state index contributed by atoms with van der Waals surface area (Å²) in [5, 5.41) is 8.15. The van der Waals surface area contributed by atoms with Crippen LogP contribution in [0.25, 0.3) is 5.65 Å². The quantitative estimate of drug-likeness (QED) is 0.667. The highest BCUT2D eigenvalue weighted by Gasteiger charge is 2.38. The van der Waals surface area contributed by atoms with E-state index in [9.17, 15) is 8.42 Å². The molecule has 148 valence electrons. The van der Waals surface area contributed by atoms with Gasteiger partial charge in [-0.25, -0.2) is 17.9 Å². The molecule has 1 aliphatic heterocycles. The summed E-state index contributed by atoms with van der Waals surface area (Å²) in [5.74, 6) is 0.176. The first-order valence-corrected chi connectivity index (χ1v) is 11.0. The molecule has 28 heavy (non-hydrogen) atoms. The van der Waals surface area contributed by atoms with Gasteiger partial charge in [0.25, 0.3) is 0 Å². The molecular weight excluding hydrogens is 376 g/mol. The Hall–Kier alpha value is -2.26. The summed E-state index contributed by atoms with van der Waals surface area (Å²) in [7, 11) is -3.81. The number of rotatable bonds is 4. The molecule has 1 aliphatic carbocycles. The first kappa shape index (κ1) is 14.7. The average Bonchev–Trinajstić information content (AvgIpc) is 3.27. The van der Waals surface area contributed by atoms with E-state index in [-0.39, 0.29) is 16.7 Å². The molecule has 0 radical (unpaired) electrons. The minimum absolute atomic E-state index is 0.0461. The van der Waals surface area contributed by atoms with E-state index >= 15 is 0 Å². The van der Waals surface area contributed by atoms with Crippen LogP contribution >= 0.6 is 0 Å². The predicted molar refractivity (Wildman–Crippen MR) is 104 cm³/mol. The molecule has 0 bridgehead atoms. The lowest BCUT2D eigenvalue weighted by Crippen LogP contribution is -2.38. The maximum atomic E-state index is 13.4. The zero-order valence-electron chi connectivity index (χ0n) is 18.6. The predicted octanol–water partition coefficient (Wildman–Crippen LogP) is 2.22. The molecule has 0 N–H and O–H groups in total. The lowest BCUT2D eigenvalue weighted by Gasteiger charge is -2.32. The van der Waals surface area contributed by atoms with E-state index in [2.05, 4.69) is 15.2 Å². The average molecular weight is 404 g/mol. The Labute approximate surface area is 168 Å². The van der Waals surface area contributed by atoms with Gasteiger partial charge in [-0.15, -0.1) is 0 Å². The molecule has 0 aromatic carbocycles. The monoisotopic (exact) mass is 403 g/mol. The standard InChI is InChI=1S/C19H24N6O2S/c1-13-9-18-20-12-22-25(18)11-16(13)14-5-7-24(8-6-14)28(26,27)17-10-21-23(2)19(17)15-3-4-15/h9-12,14-15H,3-8H2,1-2H3/i2D3. The Balaban J connectivity index is 1.39.